The van der Waals surface area contributed by atoms with Crippen molar-refractivity contribution in [2.45, 2.75) is 6.54 Å². The third-order valence-corrected chi connectivity index (χ3v) is 5.35. The van der Waals surface area contributed by atoms with Crippen LogP contribution in [0.5, 0.6) is 0 Å². The molecule has 20 heavy (non-hydrogen) atoms. The lowest BCUT2D eigenvalue weighted by Gasteiger charge is -2.18. The van der Waals surface area contributed by atoms with Crippen molar-refractivity contribution >= 4 is 26.8 Å². The van der Waals surface area contributed by atoms with Crippen molar-refractivity contribution in [2.24, 2.45) is 11.8 Å². The van der Waals surface area contributed by atoms with Gasteiger partial charge in [0.05, 0.1) is 5.52 Å². The molecular weight excluding hydrogens is 314 g/mol. The Morgan fingerprint density at radius 2 is 2.00 bits per heavy atom. The Morgan fingerprint density at radius 1 is 1.20 bits per heavy atom. The summed E-state index contributed by atoms with van der Waals surface area (Å²) >= 11 is 3.62. The Kier molecular flexibility index (Phi) is 3.25. The Balaban J connectivity index is 1.62. The predicted octanol–water partition coefficient (Wildman–Crippen LogP) is 2.65. The van der Waals surface area contributed by atoms with E-state index in [1.807, 2.05) is 12.3 Å². The van der Waals surface area contributed by atoms with E-state index in [2.05, 4.69) is 49.3 Å². The lowest BCUT2D eigenvalue weighted by atomic mass is 10.0. The fourth-order valence-corrected chi connectivity index (χ4v) is 4.10. The lowest BCUT2D eigenvalue weighted by molar-refractivity contribution is 0.306. The minimum atomic E-state index is 0.852. The number of fused-ring (bicyclic) bond motifs is 2. The van der Waals surface area contributed by atoms with Gasteiger partial charge in [-0.3, -0.25) is 9.88 Å². The van der Waals surface area contributed by atoms with E-state index in [0.29, 0.717) is 0 Å². The molecule has 104 valence electrons. The third kappa shape index (κ3) is 2.16. The highest BCUT2D eigenvalue weighted by molar-refractivity contribution is 9.10. The first kappa shape index (κ1) is 12.7. The zero-order valence-corrected chi connectivity index (χ0v) is 12.9. The van der Waals surface area contributed by atoms with Crippen molar-refractivity contribution in [3.8, 4) is 0 Å². The molecule has 0 spiro atoms. The summed E-state index contributed by atoms with van der Waals surface area (Å²) in [6.07, 6.45) is 1.89. The maximum atomic E-state index is 4.59. The normalized spacial score (nSPS) is 26.2. The van der Waals surface area contributed by atoms with Crippen LogP contribution in [0.1, 0.15) is 5.56 Å². The van der Waals surface area contributed by atoms with Gasteiger partial charge in [-0.25, -0.2) is 0 Å². The largest absolute Gasteiger partial charge is 0.316 e. The Morgan fingerprint density at radius 3 is 2.80 bits per heavy atom. The van der Waals surface area contributed by atoms with E-state index in [-0.39, 0.29) is 0 Å². The molecule has 3 nitrogen and oxygen atoms in total. The van der Waals surface area contributed by atoms with Gasteiger partial charge in [0.25, 0.3) is 0 Å². The second-order valence-electron chi connectivity index (χ2n) is 5.98. The average Bonchev–Trinajstić information content (AvgIpc) is 3.03. The molecule has 2 aliphatic rings. The van der Waals surface area contributed by atoms with Gasteiger partial charge in [-0.15, -0.1) is 0 Å². The van der Waals surface area contributed by atoms with Crippen LogP contribution in [-0.2, 0) is 6.54 Å². The maximum absolute atomic E-state index is 4.59. The number of nitrogens with zero attached hydrogens (tertiary/aromatic N) is 2. The molecule has 1 aromatic carbocycles. The standard InChI is InChI=1S/C16H18BrN3/c17-15-4-3-11(16-14(15)2-1-5-19-16)8-20-9-12-6-18-7-13(12)10-20/h1-5,12-13,18H,6-10H2/t12-,13+. The monoisotopic (exact) mass is 331 g/mol. The molecule has 2 saturated heterocycles. The number of nitrogens with one attached hydrogen (secondary N) is 1. The summed E-state index contributed by atoms with van der Waals surface area (Å²) < 4.78 is 1.13. The highest BCUT2D eigenvalue weighted by Crippen LogP contribution is 2.30. The number of pyridine rings is 1. The molecule has 0 radical (unpaired) electrons. The van der Waals surface area contributed by atoms with E-state index in [4.69, 9.17) is 0 Å². The molecule has 0 saturated carbocycles. The number of hydrogen-bond donors (Lipinski definition) is 1. The second kappa shape index (κ2) is 5.10. The summed E-state index contributed by atoms with van der Waals surface area (Å²) in [5.41, 5.74) is 2.48. The molecule has 4 heteroatoms. The van der Waals surface area contributed by atoms with Crippen molar-refractivity contribution in [1.82, 2.24) is 15.2 Å². The number of aromatic nitrogens is 1. The van der Waals surface area contributed by atoms with Crippen LogP contribution in [0.25, 0.3) is 10.9 Å². The number of halogens is 1. The van der Waals surface area contributed by atoms with E-state index in [0.717, 1.165) is 28.4 Å². The van der Waals surface area contributed by atoms with Gasteiger partial charge in [-0.1, -0.05) is 28.1 Å². The lowest BCUT2D eigenvalue weighted by Crippen LogP contribution is -2.25. The van der Waals surface area contributed by atoms with Gasteiger partial charge in [0.1, 0.15) is 0 Å². The molecule has 0 amide bonds. The summed E-state index contributed by atoms with van der Waals surface area (Å²) in [6.45, 7) is 5.86. The van der Waals surface area contributed by atoms with Gasteiger partial charge in [0.15, 0.2) is 0 Å². The predicted molar refractivity (Wildman–Crippen MR) is 84.6 cm³/mol. The van der Waals surface area contributed by atoms with Crippen LogP contribution in [0.4, 0.5) is 0 Å². The van der Waals surface area contributed by atoms with Gasteiger partial charge in [0.2, 0.25) is 0 Å². The third-order valence-electron chi connectivity index (χ3n) is 4.66. The zero-order valence-electron chi connectivity index (χ0n) is 11.3. The molecule has 0 unspecified atom stereocenters. The van der Waals surface area contributed by atoms with E-state index in [1.54, 1.807) is 0 Å². The van der Waals surface area contributed by atoms with Crippen LogP contribution in [0.15, 0.2) is 34.9 Å². The van der Waals surface area contributed by atoms with Gasteiger partial charge >= 0.3 is 0 Å². The number of likely N-dealkylation sites (tertiary alicyclic amines) is 1. The first-order valence-electron chi connectivity index (χ1n) is 7.26. The molecule has 2 atom stereocenters. The summed E-state index contributed by atoms with van der Waals surface area (Å²) in [5, 5.41) is 4.71. The van der Waals surface area contributed by atoms with Crippen molar-refractivity contribution < 1.29 is 0 Å². The summed E-state index contributed by atoms with van der Waals surface area (Å²) in [7, 11) is 0. The molecular formula is C16H18BrN3. The Hall–Kier alpha value is -0.970. The van der Waals surface area contributed by atoms with Crippen LogP contribution >= 0.6 is 15.9 Å². The summed E-state index contributed by atoms with van der Waals surface area (Å²) in [6, 6.07) is 8.50. The Bertz CT molecular complexity index is 631. The van der Waals surface area contributed by atoms with Crippen LogP contribution < -0.4 is 5.32 Å². The van der Waals surface area contributed by atoms with Crippen molar-refractivity contribution in [3.05, 3.63) is 40.5 Å². The van der Waals surface area contributed by atoms with E-state index < -0.39 is 0 Å². The zero-order chi connectivity index (χ0) is 13.5. The number of rotatable bonds is 2. The van der Waals surface area contributed by atoms with Crippen LogP contribution in [0.2, 0.25) is 0 Å². The first-order valence-corrected chi connectivity index (χ1v) is 8.06. The van der Waals surface area contributed by atoms with Crippen LogP contribution in [-0.4, -0.2) is 36.1 Å². The average molecular weight is 332 g/mol. The highest BCUT2D eigenvalue weighted by atomic mass is 79.9. The molecule has 2 fully saturated rings. The van der Waals surface area contributed by atoms with Crippen molar-refractivity contribution in [2.75, 3.05) is 26.2 Å². The molecule has 0 bridgehead atoms. The van der Waals surface area contributed by atoms with Crippen molar-refractivity contribution in [1.29, 1.82) is 0 Å². The number of benzene rings is 1. The summed E-state index contributed by atoms with van der Waals surface area (Å²) in [5.74, 6) is 1.70. The SMILES string of the molecule is Brc1ccc(CN2C[C@H]3CNC[C@H]3C2)c2ncccc12. The topological polar surface area (TPSA) is 28.2 Å². The molecule has 2 aromatic rings. The smallest absolute Gasteiger partial charge is 0.0758 e. The molecule has 0 aliphatic carbocycles. The molecule has 3 heterocycles. The van der Waals surface area contributed by atoms with Crippen LogP contribution in [0.3, 0.4) is 0 Å². The number of hydrogen-bond acceptors (Lipinski definition) is 3. The quantitative estimate of drug-likeness (QED) is 0.916. The molecule has 4 rings (SSSR count). The Labute approximate surface area is 127 Å². The van der Waals surface area contributed by atoms with Crippen LogP contribution in [0, 0.1) is 11.8 Å². The van der Waals surface area contributed by atoms with Gasteiger partial charge in [-0.05, 0) is 42.6 Å². The highest BCUT2D eigenvalue weighted by Gasteiger charge is 2.35. The van der Waals surface area contributed by atoms with E-state index >= 15 is 0 Å². The fourth-order valence-electron chi connectivity index (χ4n) is 3.65. The second-order valence-corrected chi connectivity index (χ2v) is 6.83. The van der Waals surface area contributed by atoms with Gasteiger partial charge in [0, 0.05) is 35.7 Å². The van der Waals surface area contributed by atoms with E-state index in [9.17, 15) is 0 Å². The molecule has 1 aromatic heterocycles. The minimum Gasteiger partial charge on any atom is -0.316 e. The minimum absolute atomic E-state index is 0.852. The fraction of sp³-hybridized carbons (Fsp3) is 0.438. The van der Waals surface area contributed by atoms with E-state index in [1.165, 1.54) is 37.1 Å². The van der Waals surface area contributed by atoms with Crippen molar-refractivity contribution in [3.63, 3.8) is 0 Å². The first-order chi connectivity index (χ1) is 9.81. The van der Waals surface area contributed by atoms with Gasteiger partial charge in [-0.2, -0.15) is 0 Å². The summed E-state index contributed by atoms with van der Waals surface area (Å²) in [4.78, 5) is 7.18. The molecule has 2 aliphatic heterocycles. The maximum Gasteiger partial charge on any atom is 0.0758 e. The molecule has 1 N–H and O–H groups in total. The van der Waals surface area contributed by atoms with Gasteiger partial charge < -0.3 is 5.32 Å².